The van der Waals surface area contributed by atoms with Crippen LogP contribution in [0, 0.1) is 0 Å². The summed E-state index contributed by atoms with van der Waals surface area (Å²) in [5.41, 5.74) is 0. The SMILES string of the molecule is CCCCCCCCCCCCOc1ccc(S(=O)(=O)[O-])cc1.[Na+]. The molecule has 1 aromatic carbocycles. The Labute approximate surface area is 169 Å². The van der Waals surface area contributed by atoms with Crippen molar-refractivity contribution in [1.29, 1.82) is 0 Å². The minimum Gasteiger partial charge on any atom is -0.744 e. The molecule has 0 atom stereocenters. The minimum absolute atomic E-state index is 0. The Morgan fingerprint density at radius 1 is 0.833 bits per heavy atom. The van der Waals surface area contributed by atoms with Crippen LogP contribution >= 0.6 is 0 Å². The van der Waals surface area contributed by atoms with Gasteiger partial charge in [0.25, 0.3) is 0 Å². The third-order valence-electron chi connectivity index (χ3n) is 3.88. The van der Waals surface area contributed by atoms with Gasteiger partial charge in [0.05, 0.1) is 11.5 Å². The number of benzene rings is 1. The van der Waals surface area contributed by atoms with Crippen molar-refractivity contribution in [3.8, 4) is 5.75 Å². The number of hydrogen-bond donors (Lipinski definition) is 0. The summed E-state index contributed by atoms with van der Waals surface area (Å²) in [4.78, 5) is -0.219. The summed E-state index contributed by atoms with van der Waals surface area (Å²) < 4.78 is 38.0. The summed E-state index contributed by atoms with van der Waals surface area (Å²) in [6, 6.07) is 5.63. The number of hydrogen-bond acceptors (Lipinski definition) is 4. The van der Waals surface area contributed by atoms with E-state index in [0.717, 1.165) is 12.8 Å². The van der Waals surface area contributed by atoms with E-state index in [0.29, 0.717) is 12.4 Å². The maximum Gasteiger partial charge on any atom is 1.00 e. The van der Waals surface area contributed by atoms with Crippen LogP contribution in [0.1, 0.15) is 71.1 Å². The molecule has 0 N–H and O–H groups in total. The molecule has 132 valence electrons. The van der Waals surface area contributed by atoms with Crippen LogP contribution in [0.5, 0.6) is 5.75 Å². The Morgan fingerprint density at radius 2 is 1.29 bits per heavy atom. The van der Waals surface area contributed by atoms with Crippen LogP contribution in [0.2, 0.25) is 0 Å². The Bertz CT molecular complexity index is 514. The summed E-state index contributed by atoms with van der Waals surface area (Å²) in [7, 11) is -4.37. The first-order chi connectivity index (χ1) is 11.0. The fraction of sp³-hybridized carbons (Fsp3) is 0.667. The zero-order valence-electron chi connectivity index (χ0n) is 15.1. The van der Waals surface area contributed by atoms with Gasteiger partial charge in [0.2, 0.25) is 0 Å². The molecule has 0 heterocycles. The topological polar surface area (TPSA) is 66.4 Å². The molecular formula is C18H29NaO4S. The molecule has 24 heavy (non-hydrogen) atoms. The van der Waals surface area contributed by atoms with Gasteiger partial charge in [-0.15, -0.1) is 0 Å². The van der Waals surface area contributed by atoms with Gasteiger partial charge < -0.3 is 9.29 Å². The van der Waals surface area contributed by atoms with Crippen molar-refractivity contribution in [2.75, 3.05) is 6.61 Å². The van der Waals surface area contributed by atoms with E-state index in [1.54, 1.807) is 0 Å². The number of unbranched alkanes of at least 4 members (excludes halogenated alkanes) is 9. The molecule has 0 fully saturated rings. The average Bonchev–Trinajstić information content (AvgIpc) is 2.52. The van der Waals surface area contributed by atoms with Crippen molar-refractivity contribution >= 4 is 10.1 Å². The summed E-state index contributed by atoms with van der Waals surface area (Å²) in [6.45, 7) is 2.86. The van der Waals surface area contributed by atoms with Gasteiger partial charge in [-0.1, -0.05) is 64.7 Å². The van der Waals surface area contributed by atoms with Crippen LogP contribution in [0.4, 0.5) is 0 Å². The van der Waals surface area contributed by atoms with Crippen LogP contribution in [0.3, 0.4) is 0 Å². The Kier molecular flexibility index (Phi) is 14.1. The van der Waals surface area contributed by atoms with Gasteiger partial charge in [-0.05, 0) is 30.7 Å². The van der Waals surface area contributed by atoms with Gasteiger partial charge in [0, 0.05) is 0 Å². The first-order valence-electron chi connectivity index (χ1n) is 8.73. The molecule has 1 aromatic rings. The van der Waals surface area contributed by atoms with Crippen molar-refractivity contribution < 1.29 is 47.3 Å². The number of ether oxygens (including phenoxy) is 1. The molecule has 0 radical (unpaired) electrons. The largest absolute Gasteiger partial charge is 1.00 e. The third-order valence-corrected chi connectivity index (χ3v) is 4.73. The van der Waals surface area contributed by atoms with E-state index in [1.807, 2.05) is 0 Å². The smallest absolute Gasteiger partial charge is 0.744 e. The second kappa shape index (κ2) is 14.1. The molecule has 0 saturated carbocycles. The van der Waals surface area contributed by atoms with Crippen molar-refractivity contribution in [2.45, 2.75) is 76.0 Å². The van der Waals surface area contributed by atoms with Gasteiger partial charge >= 0.3 is 29.6 Å². The van der Waals surface area contributed by atoms with E-state index in [-0.39, 0.29) is 34.5 Å². The fourth-order valence-electron chi connectivity index (χ4n) is 2.48. The molecule has 4 nitrogen and oxygen atoms in total. The van der Waals surface area contributed by atoms with E-state index in [9.17, 15) is 13.0 Å². The number of rotatable bonds is 13. The maximum atomic E-state index is 10.8. The van der Waals surface area contributed by atoms with Crippen molar-refractivity contribution in [3.63, 3.8) is 0 Å². The Balaban J connectivity index is 0.00000529. The van der Waals surface area contributed by atoms with E-state index in [2.05, 4.69) is 6.92 Å². The fourth-order valence-corrected chi connectivity index (χ4v) is 2.95. The third kappa shape index (κ3) is 11.5. The van der Waals surface area contributed by atoms with E-state index >= 15 is 0 Å². The zero-order valence-corrected chi connectivity index (χ0v) is 17.9. The standard InChI is InChI=1S/C18H30O4S.Na/c1-2-3-4-5-6-7-8-9-10-11-16-22-17-12-14-18(15-13-17)23(19,20)21;/h12-15H,2-11,16H2,1H3,(H,19,20,21);/q;+1/p-1. The van der Waals surface area contributed by atoms with E-state index < -0.39 is 10.1 Å². The van der Waals surface area contributed by atoms with Gasteiger partial charge in [0.15, 0.2) is 0 Å². The van der Waals surface area contributed by atoms with Crippen LogP contribution in [-0.4, -0.2) is 19.6 Å². The zero-order chi connectivity index (χ0) is 17.0. The van der Waals surface area contributed by atoms with Crippen molar-refractivity contribution in [3.05, 3.63) is 24.3 Å². The molecule has 1 rings (SSSR count). The first-order valence-corrected chi connectivity index (χ1v) is 10.1. The van der Waals surface area contributed by atoms with Crippen LogP contribution < -0.4 is 34.3 Å². The van der Waals surface area contributed by atoms with Crippen LogP contribution in [0.25, 0.3) is 0 Å². The molecule has 0 aromatic heterocycles. The molecule has 0 amide bonds. The van der Waals surface area contributed by atoms with Crippen molar-refractivity contribution in [1.82, 2.24) is 0 Å². The Morgan fingerprint density at radius 3 is 1.75 bits per heavy atom. The molecule has 6 heteroatoms. The summed E-state index contributed by atoms with van der Waals surface area (Å²) in [5, 5.41) is 0. The molecule has 0 unspecified atom stereocenters. The molecule has 0 bridgehead atoms. The summed E-state index contributed by atoms with van der Waals surface area (Å²) in [6.07, 6.45) is 12.8. The molecule has 0 aliphatic rings. The molecule has 0 aliphatic heterocycles. The maximum absolute atomic E-state index is 10.8. The predicted octanol–water partition coefficient (Wildman–Crippen LogP) is 1.89. The first kappa shape index (κ1) is 23.9. The molecular weight excluding hydrogens is 335 g/mol. The van der Waals surface area contributed by atoms with Gasteiger partial charge in [-0.25, -0.2) is 8.42 Å². The summed E-state index contributed by atoms with van der Waals surface area (Å²) in [5.74, 6) is 0.605. The quantitative estimate of drug-likeness (QED) is 0.305. The average molecular weight is 364 g/mol. The van der Waals surface area contributed by atoms with Crippen molar-refractivity contribution in [2.24, 2.45) is 0 Å². The van der Waals surface area contributed by atoms with Crippen LogP contribution in [-0.2, 0) is 10.1 Å². The van der Waals surface area contributed by atoms with Gasteiger partial charge in [-0.2, -0.15) is 0 Å². The molecule has 0 saturated heterocycles. The predicted molar refractivity (Wildman–Crippen MR) is 91.7 cm³/mol. The van der Waals surface area contributed by atoms with Crippen LogP contribution in [0.15, 0.2) is 29.2 Å². The summed E-state index contributed by atoms with van der Waals surface area (Å²) >= 11 is 0. The van der Waals surface area contributed by atoms with E-state index in [4.69, 9.17) is 4.74 Å². The minimum atomic E-state index is -4.37. The second-order valence-electron chi connectivity index (χ2n) is 5.96. The normalized spacial score (nSPS) is 11.1. The van der Waals surface area contributed by atoms with Gasteiger partial charge in [0.1, 0.15) is 15.9 Å². The van der Waals surface area contributed by atoms with E-state index in [1.165, 1.54) is 75.6 Å². The Hall–Kier alpha value is -0.0700. The molecule has 0 aliphatic carbocycles. The van der Waals surface area contributed by atoms with Gasteiger partial charge in [-0.3, -0.25) is 0 Å². The second-order valence-corrected chi connectivity index (χ2v) is 7.34. The molecule has 0 spiro atoms. The monoisotopic (exact) mass is 364 g/mol.